The van der Waals surface area contributed by atoms with Crippen LogP contribution in [0.3, 0.4) is 0 Å². The standard InChI is InChI=1S/C15H16N2O4/c1-16-14(18)13-8-17(6-7-20-13)15(19)11-9-21-12-5-3-2-4-10(11)12/h2-5,9,13H,6-8H2,1H3,(H,16,18)/t13-/m0/s1. The van der Waals surface area contributed by atoms with Crippen LogP contribution in [0, 0.1) is 0 Å². The SMILES string of the molecule is CNC(=O)[C@@H]1CN(C(=O)c2coc3ccccc23)CCO1. The first-order valence-electron chi connectivity index (χ1n) is 6.79. The Morgan fingerprint density at radius 2 is 2.14 bits per heavy atom. The summed E-state index contributed by atoms with van der Waals surface area (Å²) < 4.78 is 10.8. The van der Waals surface area contributed by atoms with E-state index in [4.69, 9.17) is 9.15 Å². The molecule has 1 aliphatic heterocycles. The van der Waals surface area contributed by atoms with Crippen molar-refractivity contribution in [1.82, 2.24) is 10.2 Å². The maximum Gasteiger partial charge on any atom is 0.257 e. The maximum absolute atomic E-state index is 12.6. The Hall–Kier alpha value is -2.34. The smallest absolute Gasteiger partial charge is 0.257 e. The van der Waals surface area contributed by atoms with Crippen molar-refractivity contribution >= 4 is 22.8 Å². The summed E-state index contributed by atoms with van der Waals surface area (Å²) in [6, 6.07) is 7.39. The van der Waals surface area contributed by atoms with Gasteiger partial charge in [0.05, 0.1) is 18.7 Å². The van der Waals surface area contributed by atoms with E-state index < -0.39 is 6.10 Å². The summed E-state index contributed by atoms with van der Waals surface area (Å²) in [6.07, 6.45) is 0.850. The number of hydrogen-bond acceptors (Lipinski definition) is 4. The third kappa shape index (κ3) is 2.50. The van der Waals surface area contributed by atoms with E-state index in [1.807, 2.05) is 24.3 Å². The van der Waals surface area contributed by atoms with E-state index in [9.17, 15) is 9.59 Å². The molecule has 1 aliphatic rings. The largest absolute Gasteiger partial charge is 0.463 e. The number of carbonyl (C=O) groups excluding carboxylic acids is 2. The van der Waals surface area contributed by atoms with Gasteiger partial charge in [-0.15, -0.1) is 0 Å². The molecular formula is C15H16N2O4. The Balaban J connectivity index is 1.83. The lowest BCUT2D eigenvalue weighted by atomic mass is 10.1. The third-order valence-corrected chi connectivity index (χ3v) is 3.60. The molecule has 0 spiro atoms. The quantitative estimate of drug-likeness (QED) is 0.895. The van der Waals surface area contributed by atoms with Crippen molar-refractivity contribution < 1.29 is 18.7 Å². The Morgan fingerprint density at radius 3 is 2.95 bits per heavy atom. The minimum Gasteiger partial charge on any atom is -0.463 e. The average molecular weight is 288 g/mol. The molecule has 1 fully saturated rings. The zero-order chi connectivity index (χ0) is 14.8. The van der Waals surface area contributed by atoms with E-state index in [1.54, 1.807) is 11.9 Å². The number of hydrogen-bond donors (Lipinski definition) is 1. The van der Waals surface area contributed by atoms with Gasteiger partial charge < -0.3 is 19.4 Å². The van der Waals surface area contributed by atoms with E-state index in [1.165, 1.54) is 6.26 Å². The third-order valence-electron chi connectivity index (χ3n) is 3.60. The number of likely N-dealkylation sites (N-methyl/N-ethyl adjacent to an activating group) is 1. The van der Waals surface area contributed by atoms with Crippen LogP contribution in [-0.2, 0) is 9.53 Å². The van der Waals surface area contributed by atoms with Crippen LogP contribution >= 0.6 is 0 Å². The summed E-state index contributed by atoms with van der Waals surface area (Å²) in [4.78, 5) is 25.9. The van der Waals surface area contributed by atoms with E-state index in [-0.39, 0.29) is 18.4 Å². The highest BCUT2D eigenvalue weighted by Gasteiger charge is 2.30. The first-order valence-corrected chi connectivity index (χ1v) is 6.79. The van der Waals surface area contributed by atoms with Crippen LogP contribution < -0.4 is 5.32 Å². The highest BCUT2D eigenvalue weighted by molar-refractivity contribution is 6.06. The molecule has 6 nitrogen and oxygen atoms in total. The summed E-state index contributed by atoms with van der Waals surface area (Å²) in [7, 11) is 1.55. The number of benzene rings is 1. The van der Waals surface area contributed by atoms with Crippen molar-refractivity contribution in [2.24, 2.45) is 0 Å². The lowest BCUT2D eigenvalue weighted by molar-refractivity contribution is -0.136. The molecule has 21 heavy (non-hydrogen) atoms. The van der Waals surface area contributed by atoms with Crippen LogP contribution in [0.1, 0.15) is 10.4 Å². The topological polar surface area (TPSA) is 71.8 Å². The molecule has 2 aromatic rings. The van der Waals surface area contributed by atoms with Gasteiger partial charge in [-0.25, -0.2) is 0 Å². The highest BCUT2D eigenvalue weighted by Crippen LogP contribution is 2.22. The zero-order valence-electron chi connectivity index (χ0n) is 11.7. The van der Waals surface area contributed by atoms with Gasteiger partial charge in [-0.1, -0.05) is 18.2 Å². The van der Waals surface area contributed by atoms with Crippen molar-refractivity contribution in [3.05, 3.63) is 36.1 Å². The molecule has 1 atom stereocenters. The zero-order valence-corrected chi connectivity index (χ0v) is 11.7. The van der Waals surface area contributed by atoms with Crippen molar-refractivity contribution in [3.63, 3.8) is 0 Å². The molecule has 0 aliphatic carbocycles. The lowest BCUT2D eigenvalue weighted by Crippen LogP contribution is -2.51. The molecule has 6 heteroatoms. The number of fused-ring (bicyclic) bond motifs is 1. The molecule has 1 saturated heterocycles. The number of furan rings is 1. The summed E-state index contributed by atoms with van der Waals surface area (Å²) in [5, 5.41) is 3.32. The fourth-order valence-corrected chi connectivity index (χ4v) is 2.47. The van der Waals surface area contributed by atoms with E-state index in [0.717, 1.165) is 5.39 Å². The molecule has 0 unspecified atom stereocenters. The molecule has 1 aromatic carbocycles. The molecule has 3 rings (SSSR count). The average Bonchev–Trinajstić information content (AvgIpc) is 2.97. The molecule has 110 valence electrons. The second kappa shape index (κ2) is 5.57. The first-order chi connectivity index (χ1) is 10.2. The van der Waals surface area contributed by atoms with Crippen LogP contribution in [-0.4, -0.2) is 49.6 Å². The molecule has 0 radical (unpaired) electrons. The van der Waals surface area contributed by atoms with Gasteiger partial charge in [0.1, 0.15) is 11.8 Å². The van der Waals surface area contributed by atoms with Crippen LogP contribution in [0.25, 0.3) is 11.0 Å². The normalized spacial score (nSPS) is 18.7. The molecular weight excluding hydrogens is 272 g/mol. The summed E-state index contributed by atoms with van der Waals surface area (Å²) in [5.41, 5.74) is 1.19. The second-order valence-corrected chi connectivity index (χ2v) is 4.87. The number of rotatable bonds is 2. The van der Waals surface area contributed by atoms with E-state index in [2.05, 4.69) is 5.32 Å². The van der Waals surface area contributed by atoms with Gasteiger partial charge in [-0.2, -0.15) is 0 Å². The summed E-state index contributed by atoms with van der Waals surface area (Å²) in [6.45, 7) is 1.06. The van der Waals surface area contributed by atoms with E-state index >= 15 is 0 Å². The minimum absolute atomic E-state index is 0.142. The number of morpholine rings is 1. The molecule has 2 amide bonds. The molecule has 2 heterocycles. The van der Waals surface area contributed by atoms with Gasteiger partial charge in [0.2, 0.25) is 0 Å². The molecule has 1 N–H and O–H groups in total. The fraction of sp³-hybridized carbons (Fsp3) is 0.333. The predicted molar refractivity (Wildman–Crippen MR) is 75.9 cm³/mol. The predicted octanol–water partition coefficient (Wildman–Crippen LogP) is 1.02. The van der Waals surface area contributed by atoms with Gasteiger partial charge in [0, 0.05) is 19.0 Å². The van der Waals surface area contributed by atoms with Crippen molar-refractivity contribution in [1.29, 1.82) is 0 Å². The van der Waals surface area contributed by atoms with Crippen LogP contribution in [0.4, 0.5) is 0 Å². The van der Waals surface area contributed by atoms with Gasteiger partial charge >= 0.3 is 0 Å². The van der Waals surface area contributed by atoms with E-state index in [0.29, 0.717) is 24.3 Å². The fourth-order valence-electron chi connectivity index (χ4n) is 2.47. The first kappa shape index (κ1) is 13.6. The van der Waals surface area contributed by atoms with Crippen LogP contribution in [0.5, 0.6) is 0 Å². The van der Waals surface area contributed by atoms with Gasteiger partial charge in [0.25, 0.3) is 11.8 Å². The summed E-state index contributed by atoms with van der Waals surface area (Å²) in [5.74, 6) is -0.360. The maximum atomic E-state index is 12.6. The van der Waals surface area contributed by atoms with Gasteiger partial charge in [0.15, 0.2) is 6.10 Å². The number of nitrogens with zero attached hydrogens (tertiary/aromatic N) is 1. The second-order valence-electron chi connectivity index (χ2n) is 4.87. The van der Waals surface area contributed by atoms with Gasteiger partial charge in [-0.3, -0.25) is 9.59 Å². The Kier molecular flexibility index (Phi) is 3.62. The molecule has 0 bridgehead atoms. The van der Waals surface area contributed by atoms with Crippen LogP contribution in [0.15, 0.2) is 34.9 Å². The number of nitrogens with one attached hydrogen (secondary N) is 1. The summed E-state index contributed by atoms with van der Waals surface area (Å²) >= 11 is 0. The lowest BCUT2D eigenvalue weighted by Gasteiger charge is -2.31. The van der Waals surface area contributed by atoms with Gasteiger partial charge in [-0.05, 0) is 6.07 Å². The number of carbonyl (C=O) groups is 2. The van der Waals surface area contributed by atoms with Crippen LogP contribution in [0.2, 0.25) is 0 Å². The highest BCUT2D eigenvalue weighted by atomic mass is 16.5. The Bertz CT molecular complexity index is 679. The Morgan fingerprint density at radius 1 is 1.33 bits per heavy atom. The number of ether oxygens (including phenoxy) is 1. The Labute approximate surface area is 121 Å². The van der Waals surface area contributed by atoms with Crippen molar-refractivity contribution in [2.45, 2.75) is 6.10 Å². The number of para-hydroxylation sites is 1. The monoisotopic (exact) mass is 288 g/mol. The van der Waals surface area contributed by atoms with Crippen molar-refractivity contribution in [3.8, 4) is 0 Å². The molecule has 1 aromatic heterocycles. The minimum atomic E-state index is -0.620. The van der Waals surface area contributed by atoms with Crippen molar-refractivity contribution in [2.75, 3.05) is 26.7 Å². The molecule has 0 saturated carbocycles. The number of amides is 2.